The Labute approximate surface area is 115 Å². The lowest BCUT2D eigenvalue weighted by molar-refractivity contribution is -0.119. The molecule has 1 aromatic heterocycles. The molecule has 19 heavy (non-hydrogen) atoms. The number of imidazole rings is 1. The van der Waals surface area contributed by atoms with Gasteiger partial charge in [0.15, 0.2) is 0 Å². The zero-order valence-corrected chi connectivity index (χ0v) is 11.8. The predicted molar refractivity (Wildman–Crippen MR) is 74.8 cm³/mol. The number of carbonyl (C=O) groups excluding carboxylic acids is 1. The first-order valence-corrected chi connectivity index (χ1v) is 7.78. The fraction of sp³-hybridized carbons (Fsp3) is 0.750. The van der Waals surface area contributed by atoms with Gasteiger partial charge in [0.25, 0.3) is 0 Å². The summed E-state index contributed by atoms with van der Waals surface area (Å²) < 4.78 is 2.12. The van der Waals surface area contributed by atoms with Gasteiger partial charge < -0.3 is 4.57 Å². The molecule has 104 valence electrons. The Bertz CT molecular complexity index is 451. The number of aryl methyl sites for hydroxylation is 1. The molecule has 2 fully saturated rings. The summed E-state index contributed by atoms with van der Waals surface area (Å²) in [4.78, 5) is 16.6. The average molecular weight is 260 g/mol. The van der Waals surface area contributed by atoms with Crippen LogP contribution in [0.25, 0.3) is 0 Å². The number of carbonyl (C=O) groups is 1. The number of hydrogen-bond acceptors (Lipinski definition) is 2. The first kappa shape index (κ1) is 12.9. The van der Waals surface area contributed by atoms with Gasteiger partial charge in [-0.3, -0.25) is 4.79 Å². The first-order chi connectivity index (χ1) is 9.26. The van der Waals surface area contributed by atoms with Crippen LogP contribution >= 0.6 is 0 Å². The third-order valence-electron chi connectivity index (χ3n) is 5.00. The Morgan fingerprint density at radius 3 is 3.00 bits per heavy atom. The van der Waals surface area contributed by atoms with Gasteiger partial charge >= 0.3 is 0 Å². The van der Waals surface area contributed by atoms with E-state index in [0.29, 0.717) is 18.1 Å². The van der Waals surface area contributed by atoms with Crippen molar-refractivity contribution >= 4 is 5.78 Å². The second-order valence-electron chi connectivity index (χ2n) is 6.39. The van der Waals surface area contributed by atoms with Crippen LogP contribution in [-0.4, -0.2) is 15.3 Å². The van der Waals surface area contributed by atoms with Gasteiger partial charge in [-0.25, -0.2) is 4.98 Å². The van der Waals surface area contributed by atoms with Crippen molar-refractivity contribution in [3.8, 4) is 0 Å². The standard InChI is InChI=1S/C16H24N2O/c1-2-6-18-7-5-17-16(18)11-15(19)10-14-9-12-3-4-13(14)8-12/h5,7,12-14H,2-4,6,8-11H2,1H3. The molecule has 0 aromatic carbocycles. The Morgan fingerprint density at radius 1 is 1.42 bits per heavy atom. The molecule has 2 aliphatic carbocycles. The molecule has 0 N–H and O–H groups in total. The summed E-state index contributed by atoms with van der Waals surface area (Å²) >= 11 is 0. The minimum Gasteiger partial charge on any atom is -0.335 e. The Kier molecular flexibility index (Phi) is 3.72. The van der Waals surface area contributed by atoms with Crippen molar-refractivity contribution in [1.29, 1.82) is 0 Å². The Morgan fingerprint density at radius 2 is 2.32 bits per heavy atom. The summed E-state index contributed by atoms with van der Waals surface area (Å²) in [5, 5.41) is 0. The van der Waals surface area contributed by atoms with E-state index < -0.39 is 0 Å². The molecule has 3 heteroatoms. The van der Waals surface area contributed by atoms with E-state index in [-0.39, 0.29) is 0 Å². The minimum atomic E-state index is 0.390. The normalized spacial score (nSPS) is 29.0. The quantitative estimate of drug-likeness (QED) is 0.787. The van der Waals surface area contributed by atoms with E-state index in [4.69, 9.17) is 0 Å². The van der Waals surface area contributed by atoms with Gasteiger partial charge in [-0.2, -0.15) is 0 Å². The van der Waals surface area contributed by atoms with Crippen LogP contribution < -0.4 is 0 Å². The molecule has 3 rings (SSSR count). The largest absolute Gasteiger partial charge is 0.335 e. The second kappa shape index (κ2) is 5.48. The molecule has 3 unspecified atom stereocenters. The minimum absolute atomic E-state index is 0.390. The van der Waals surface area contributed by atoms with E-state index in [1.165, 1.54) is 25.7 Å². The van der Waals surface area contributed by atoms with Gasteiger partial charge in [0, 0.05) is 25.4 Å². The van der Waals surface area contributed by atoms with Crippen LogP contribution in [0.5, 0.6) is 0 Å². The highest BCUT2D eigenvalue weighted by atomic mass is 16.1. The lowest BCUT2D eigenvalue weighted by Crippen LogP contribution is -2.18. The van der Waals surface area contributed by atoms with Gasteiger partial charge in [0.05, 0.1) is 6.42 Å². The predicted octanol–water partition coefficient (Wildman–Crippen LogP) is 3.23. The van der Waals surface area contributed by atoms with Crippen LogP contribution in [0.4, 0.5) is 0 Å². The summed E-state index contributed by atoms with van der Waals surface area (Å²) in [5.41, 5.74) is 0. The van der Waals surface area contributed by atoms with E-state index in [9.17, 15) is 4.79 Å². The van der Waals surface area contributed by atoms with Crippen molar-refractivity contribution in [3.63, 3.8) is 0 Å². The van der Waals surface area contributed by atoms with Crippen molar-refractivity contribution in [1.82, 2.24) is 9.55 Å². The molecule has 0 amide bonds. The van der Waals surface area contributed by atoms with Gasteiger partial charge in [-0.05, 0) is 43.4 Å². The molecule has 0 aliphatic heterocycles. The maximum absolute atomic E-state index is 12.2. The summed E-state index contributed by atoms with van der Waals surface area (Å²) in [5.74, 6) is 3.81. The number of nitrogens with zero attached hydrogens (tertiary/aromatic N) is 2. The van der Waals surface area contributed by atoms with E-state index in [1.807, 2.05) is 12.4 Å². The zero-order valence-electron chi connectivity index (χ0n) is 11.8. The molecular formula is C16H24N2O. The van der Waals surface area contributed by atoms with Crippen LogP contribution in [0.2, 0.25) is 0 Å². The monoisotopic (exact) mass is 260 g/mol. The molecule has 1 aromatic rings. The highest BCUT2D eigenvalue weighted by molar-refractivity contribution is 5.80. The third kappa shape index (κ3) is 2.75. The summed E-state index contributed by atoms with van der Waals surface area (Å²) in [6, 6.07) is 0. The molecule has 0 saturated heterocycles. The van der Waals surface area contributed by atoms with Crippen LogP contribution in [0.1, 0.15) is 51.3 Å². The molecule has 3 nitrogen and oxygen atoms in total. The molecule has 1 heterocycles. The van der Waals surface area contributed by atoms with Crippen LogP contribution in [0, 0.1) is 17.8 Å². The molecule has 2 saturated carbocycles. The van der Waals surface area contributed by atoms with Crippen LogP contribution in [0.15, 0.2) is 12.4 Å². The van der Waals surface area contributed by atoms with E-state index >= 15 is 0 Å². The summed E-state index contributed by atoms with van der Waals surface area (Å²) in [7, 11) is 0. The SMILES string of the molecule is CCCn1ccnc1CC(=O)CC1CC2CCC1C2. The van der Waals surface area contributed by atoms with Gasteiger partial charge in [-0.15, -0.1) is 0 Å². The van der Waals surface area contributed by atoms with E-state index in [2.05, 4.69) is 16.5 Å². The highest BCUT2D eigenvalue weighted by Gasteiger charge is 2.39. The summed E-state index contributed by atoms with van der Waals surface area (Å²) in [6.07, 6.45) is 11.7. The fourth-order valence-electron chi connectivity index (χ4n) is 4.12. The Balaban J connectivity index is 1.55. The van der Waals surface area contributed by atoms with Gasteiger partial charge in [0.1, 0.15) is 11.6 Å². The van der Waals surface area contributed by atoms with Crippen molar-refractivity contribution in [2.75, 3.05) is 0 Å². The molecule has 2 aliphatic rings. The number of hydrogen-bond donors (Lipinski definition) is 0. The molecular weight excluding hydrogens is 236 g/mol. The first-order valence-electron chi connectivity index (χ1n) is 7.78. The van der Waals surface area contributed by atoms with Crippen LogP contribution in [0.3, 0.4) is 0 Å². The van der Waals surface area contributed by atoms with E-state index in [1.54, 1.807) is 0 Å². The molecule has 0 radical (unpaired) electrons. The number of Topliss-reactive ketones (excluding diaryl/α,β-unsaturated/α-hetero) is 1. The maximum Gasteiger partial charge on any atom is 0.140 e. The zero-order chi connectivity index (χ0) is 13.2. The number of fused-ring (bicyclic) bond motifs is 2. The molecule has 0 spiro atoms. The second-order valence-corrected chi connectivity index (χ2v) is 6.39. The van der Waals surface area contributed by atoms with Crippen molar-refractivity contribution in [2.24, 2.45) is 17.8 Å². The van der Waals surface area contributed by atoms with Gasteiger partial charge in [0.2, 0.25) is 0 Å². The van der Waals surface area contributed by atoms with Gasteiger partial charge in [-0.1, -0.05) is 13.3 Å². The lowest BCUT2D eigenvalue weighted by Gasteiger charge is -2.20. The Hall–Kier alpha value is -1.12. The summed E-state index contributed by atoms with van der Waals surface area (Å²) in [6.45, 7) is 3.12. The van der Waals surface area contributed by atoms with Crippen LogP contribution in [-0.2, 0) is 17.8 Å². The van der Waals surface area contributed by atoms with Crippen molar-refractivity contribution in [2.45, 2.75) is 58.4 Å². The van der Waals surface area contributed by atoms with E-state index in [0.717, 1.165) is 37.0 Å². The number of ketones is 1. The molecule has 2 bridgehead atoms. The lowest BCUT2D eigenvalue weighted by atomic mass is 9.85. The number of rotatable bonds is 6. The third-order valence-corrected chi connectivity index (χ3v) is 5.00. The smallest absolute Gasteiger partial charge is 0.140 e. The highest BCUT2D eigenvalue weighted by Crippen LogP contribution is 2.49. The molecule has 3 atom stereocenters. The fourth-order valence-corrected chi connectivity index (χ4v) is 4.12. The maximum atomic E-state index is 12.2. The van der Waals surface area contributed by atoms with Crippen molar-refractivity contribution in [3.05, 3.63) is 18.2 Å². The average Bonchev–Trinajstić information content (AvgIpc) is 3.07. The van der Waals surface area contributed by atoms with Crippen molar-refractivity contribution < 1.29 is 4.79 Å². The topological polar surface area (TPSA) is 34.9 Å². The number of aromatic nitrogens is 2.